The Morgan fingerprint density at radius 1 is 1.00 bits per heavy atom. The van der Waals surface area contributed by atoms with Gasteiger partial charge in [0.2, 0.25) is 11.8 Å². The van der Waals surface area contributed by atoms with Gasteiger partial charge in [0.1, 0.15) is 5.75 Å². The minimum absolute atomic E-state index is 0.177. The molecular formula is C14H10ClN3O. The summed E-state index contributed by atoms with van der Waals surface area (Å²) in [7, 11) is 0. The van der Waals surface area contributed by atoms with E-state index in [-0.39, 0.29) is 5.95 Å². The molecule has 0 saturated carbocycles. The lowest BCUT2D eigenvalue weighted by atomic mass is 10.2. The first-order chi connectivity index (χ1) is 9.22. The molecule has 2 N–H and O–H groups in total. The number of halogens is 1. The molecule has 0 aliphatic carbocycles. The Bertz CT molecular complexity index is 746. The number of hydrogen-bond donors (Lipinski definition) is 1. The van der Waals surface area contributed by atoms with Gasteiger partial charge in [-0.15, -0.1) is 0 Å². The van der Waals surface area contributed by atoms with Crippen LogP contribution in [-0.2, 0) is 0 Å². The number of anilines is 1. The zero-order chi connectivity index (χ0) is 13.2. The summed E-state index contributed by atoms with van der Waals surface area (Å²) in [5.74, 6) is 1.21. The first kappa shape index (κ1) is 11.7. The van der Waals surface area contributed by atoms with Crippen molar-refractivity contribution in [3.8, 4) is 11.6 Å². The molecule has 0 aliphatic rings. The predicted molar refractivity (Wildman–Crippen MR) is 75.5 cm³/mol. The SMILES string of the molecule is Nc1nc(Oc2cccc(Cl)c2)c2ccccc2n1. The van der Waals surface area contributed by atoms with Gasteiger partial charge in [-0.3, -0.25) is 0 Å². The molecule has 0 aliphatic heterocycles. The van der Waals surface area contributed by atoms with Crippen LogP contribution in [0.1, 0.15) is 0 Å². The van der Waals surface area contributed by atoms with Crippen molar-refractivity contribution in [2.45, 2.75) is 0 Å². The summed E-state index contributed by atoms with van der Waals surface area (Å²) < 4.78 is 5.74. The van der Waals surface area contributed by atoms with Crippen molar-refractivity contribution in [3.05, 3.63) is 53.6 Å². The van der Waals surface area contributed by atoms with Gasteiger partial charge in [-0.25, -0.2) is 4.98 Å². The molecule has 1 aromatic heterocycles. The largest absolute Gasteiger partial charge is 0.438 e. The third kappa shape index (κ3) is 2.44. The number of para-hydroxylation sites is 1. The number of nitrogen functional groups attached to an aromatic ring is 1. The van der Waals surface area contributed by atoms with Crippen LogP contribution in [0.15, 0.2) is 48.5 Å². The Kier molecular flexibility index (Phi) is 2.93. The number of benzene rings is 2. The number of rotatable bonds is 2. The van der Waals surface area contributed by atoms with Gasteiger partial charge in [-0.2, -0.15) is 4.98 Å². The van der Waals surface area contributed by atoms with Gasteiger partial charge in [0.15, 0.2) is 0 Å². The third-order valence-corrected chi connectivity index (χ3v) is 2.83. The van der Waals surface area contributed by atoms with Gasteiger partial charge in [0, 0.05) is 5.02 Å². The van der Waals surface area contributed by atoms with Crippen molar-refractivity contribution < 1.29 is 4.74 Å². The van der Waals surface area contributed by atoms with E-state index >= 15 is 0 Å². The summed E-state index contributed by atoms with van der Waals surface area (Å²) in [4.78, 5) is 8.28. The normalized spacial score (nSPS) is 10.6. The Labute approximate surface area is 114 Å². The van der Waals surface area contributed by atoms with Crippen LogP contribution in [0.4, 0.5) is 5.95 Å². The second-order valence-corrected chi connectivity index (χ2v) is 4.40. The summed E-state index contributed by atoms with van der Waals surface area (Å²) in [6.07, 6.45) is 0. The highest BCUT2D eigenvalue weighted by atomic mass is 35.5. The van der Waals surface area contributed by atoms with E-state index in [0.29, 0.717) is 16.7 Å². The smallest absolute Gasteiger partial charge is 0.231 e. The van der Waals surface area contributed by atoms with E-state index in [1.165, 1.54) is 0 Å². The maximum absolute atomic E-state index is 5.92. The number of hydrogen-bond acceptors (Lipinski definition) is 4. The zero-order valence-electron chi connectivity index (χ0n) is 9.88. The zero-order valence-corrected chi connectivity index (χ0v) is 10.6. The van der Waals surface area contributed by atoms with E-state index in [4.69, 9.17) is 22.1 Å². The van der Waals surface area contributed by atoms with Crippen molar-refractivity contribution in [1.82, 2.24) is 9.97 Å². The molecule has 3 aromatic rings. The van der Waals surface area contributed by atoms with Crippen LogP contribution in [0.3, 0.4) is 0 Å². The molecule has 0 fully saturated rings. The standard InChI is InChI=1S/C14H10ClN3O/c15-9-4-3-5-10(8-9)19-13-11-6-1-2-7-12(11)17-14(16)18-13/h1-8H,(H2,16,17,18). The molecule has 19 heavy (non-hydrogen) atoms. The predicted octanol–water partition coefficient (Wildman–Crippen LogP) is 3.66. The lowest BCUT2D eigenvalue weighted by Crippen LogP contribution is -1.98. The van der Waals surface area contributed by atoms with Gasteiger partial charge in [0.25, 0.3) is 0 Å². The fourth-order valence-electron chi connectivity index (χ4n) is 1.78. The molecular weight excluding hydrogens is 262 g/mol. The molecule has 94 valence electrons. The van der Waals surface area contributed by atoms with Crippen LogP contribution in [0.25, 0.3) is 10.9 Å². The van der Waals surface area contributed by atoms with Gasteiger partial charge in [0.05, 0.1) is 10.9 Å². The Hall–Kier alpha value is -2.33. The molecule has 4 nitrogen and oxygen atoms in total. The molecule has 0 bridgehead atoms. The number of nitrogens with zero attached hydrogens (tertiary/aromatic N) is 2. The van der Waals surface area contributed by atoms with Crippen LogP contribution in [0.2, 0.25) is 5.02 Å². The van der Waals surface area contributed by atoms with Crippen LogP contribution >= 0.6 is 11.6 Å². The lowest BCUT2D eigenvalue weighted by molar-refractivity contribution is 0.469. The highest BCUT2D eigenvalue weighted by Crippen LogP contribution is 2.28. The monoisotopic (exact) mass is 271 g/mol. The van der Waals surface area contributed by atoms with Crippen molar-refractivity contribution in [2.24, 2.45) is 0 Å². The maximum Gasteiger partial charge on any atom is 0.231 e. The summed E-state index contributed by atoms with van der Waals surface area (Å²) in [5, 5.41) is 1.40. The Morgan fingerprint density at radius 2 is 1.84 bits per heavy atom. The molecule has 1 heterocycles. The minimum Gasteiger partial charge on any atom is -0.438 e. The Morgan fingerprint density at radius 3 is 2.68 bits per heavy atom. The van der Waals surface area contributed by atoms with E-state index in [2.05, 4.69) is 9.97 Å². The summed E-state index contributed by atoms with van der Waals surface area (Å²) in [6, 6.07) is 14.6. The van der Waals surface area contributed by atoms with Crippen LogP contribution < -0.4 is 10.5 Å². The van der Waals surface area contributed by atoms with Crippen molar-refractivity contribution in [1.29, 1.82) is 0 Å². The summed E-state index contributed by atoms with van der Waals surface area (Å²) >= 11 is 5.92. The average molecular weight is 272 g/mol. The molecule has 2 aromatic carbocycles. The second-order valence-electron chi connectivity index (χ2n) is 3.96. The van der Waals surface area contributed by atoms with Crippen molar-refractivity contribution >= 4 is 28.5 Å². The first-order valence-corrected chi connectivity index (χ1v) is 6.06. The molecule has 0 saturated heterocycles. The van der Waals surface area contributed by atoms with E-state index < -0.39 is 0 Å². The fourth-order valence-corrected chi connectivity index (χ4v) is 1.96. The van der Waals surface area contributed by atoms with Gasteiger partial charge in [-0.05, 0) is 30.3 Å². The molecule has 0 radical (unpaired) electrons. The van der Waals surface area contributed by atoms with Crippen molar-refractivity contribution in [2.75, 3.05) is 5.73 Å². The molecule has 0 spiro atoms. The topological polar surface area (TPSA) is 61.0 Å². The maximum atomic E-state index is 5.92. The number of ether oxygens (including phenoxy) is 1. The van der Waals surface area contributed by atoms with Crippen LogP contribution in [0, 0.1) is 0 Å². The quantitative estimate of drug-likeness (QED) is 0.773. The Balaban J connectivity index is 2.09. The van der Waals surface area contributed by atoms with Crippen LogP contribution in [0.5, 0.6) is 11.6 Å². The highest BCUT2D eigenvalue weighted by molar-refractivity contribution is 6.30. The fraction of sp³-hybridized carbons (Fsp3) is 0. The number of aromatic nitrogens is 2. The van der Waals surface area contributed by atoms with Crippen molar-refractivity contribution in [3.63, 3.8) is 0 Å². The number of nitrogens with two attached hydrogens (primary N) is 1. The molecule has 0 atom stereocenters. The average Bonchev–Trinajstić information content (AvgIpc) is 2.38. The van der Waals surface area contributed by atoms with Gasteiger partial charge < -0.3 is 10.5 Å². The molecule has 5 heteroatoms. The second kappa shape index (κ2) is 4.74. The highest BCUT2D eigenvalue weighted by Gasteiger charge is 2.08. The number of fused-ring (bicyclic) bond motifs is 1. The van der Waals surface area contributed by atoms with E-state index in [1.54, 1.807) is 18.2 Å². The molecule has 0 unspecified atom stereocenters. The molecule has 3 rings (SSSR count). The van der Waals surface area contributed by atoms with E-state index in [9.17, 15) is 0 Å². The van der Waals surface area contributed by atoms with Crippen LogP contribution in [-0.4, -0.2) is 9.97 Å². The van der Waals surface area contributed by atoms with Gasteiger partial charge in [-0.1, -0.05) is 29.8 Å². The lowest BCUT2D eigenvalue weighted by Gasteiger charge is -2.08. The summed E-state index contributed by atoms with van der Waals surface area (Å²) in [5.41, 5.74) is 6.42. The van der Waals surface area contributed by atoms with E-state index in [1.807, 2.05) is 30.3 Å². The first-order valence-electron chi connectivity index (χ1n) is 5.68. The summed E-state index contributed by atoms with van der Waals surface area (Å²) in [6.45, 7) is 0. The minimum atomic E-state index is 0.177. The third-order valence-electron chi connectivity index (χ3n) is 2.60. The van der Waals surface area contributed by atoms with Gasteiger partial charge >= 0.3 is 0 Å². The van der Waals surface area contributed by atoms with E-state index in [0.717, 1.165) is 10.9 Å². The molecule has 0 amide bonds.